The van der Waals surface area contributed by atoms with E-state index in [1.165, 1.54) is 12.8 Å². The van der Waals surface area contributed by atoms with Crippen molar-refractivity contribution in [3.63, 3.8) is 0 Å². The van der Waals surface area contributed by atoms with Crippen molar-refractivity contribution in [1.29, 1.82) is 0 Å². The number of hydrogen-bond donors (Lipinski definition) is 2. The van der Waals surface area contributed by atoms with Crippen LogP contribution in [0, 0.1) is 0 Å². The molecule has 2 bridgehead atoms. The van der Waals surface area contributed by atoms with Gasteiger partial charge in [-0.2, -0.15) is 0 Å². The van der Waals surface area contributed by atoms with Gasteiger partial charge >= 0.3 is 6.09 Å². The number of amides is 1. The van der Waals surface area contributed by atoms with Crippen molar-refractivity contribution >= 4 is 6.09 Å². The van der Waals surface area contributed by atoms with Crippen molar-refractivity contribution in [2.45, 2.75) is 76.6 Å². The molecule has 4 heteroatoms. The van der Waals surface area contributed by atoms with Gasteiger partial charge in [0.05, 0.1) is 0 Å². The molecule has 0 aromatic rings. The van der Waals surface area contributed by atoms with E-state index in [1.54, 1.807) is 0 Å². The Morgan fingerprint density at radius 1 is 1.24 bits per heavy atom. The van der Waals surface area contributed by atoms with E-state index in [-0.39, 0.29) is 12.1 Å². The summed E-state index contributed by atoms with van der Waals surface area (Å²) in [5, 5.41) is 6.61. The Morgan fingerprint density at radius 3 is 2.71 bits per heavy atom. The third-order valence-corrected chi connectivity index (χ3v) is 3.53. The number of hydrogen-bond acceptors (Lipinski definition) is 3. The molecule has 2 N–H and O–H groups in total. The van der Waals surface area contributed by atoms with Gasteiger partial charge in [0.1, 0.15) is 5.60 Å². The smallest absolute Gasteiger partial charge is 0.407 e. The standard InChI is InChI=1S/C13H24N2O2/c1-13(2,3)17-12(16)15-11-8-7-9-5-4-6-10(11)14-9/h9-11,14H,4-8H2,1-3H3,(H,15,16)/t9-,10+,11+/m0/s1. The average Bonchev–Trinajstić information content (AvgIpc) is 2.20. The molecule has 0 aromatic carbocycles. The van der Waals surface area contributed by atoms with Crippen molar-refractivity contribution in [3.8, 4) is 0 Å². The van der Waals surface area contributed by atoms with Gasteiger partial charge in [-0.05, 0) is 46.5 Å². The zero-order valence-electron chi connectivity index (χ0n) is 11.1. The number of nitrogens with one attached hydrogen (secondary N) is 2. The number of ether oxygens (including phenoxy) is 1. The molecular weight excluding hydrogens is 216 g/mol. The van der Waals surface area contributed by atoms with Crippen LogP contribution in [0.2, 0.25) is 0 Å². The second kappa shape index (κ2) is 4.84. The Labute approximate surface area is 103 Å². The Bertz CT molecular complexity index is 286. The predicted molar refractivity (Wildman–Crippen MR) is 67.0 cm³/mol. The second-order valence-corrected chi connectivity index (χ2v) is 6.23. The number of alkyl carbamates (subject to hydrolysis) is 1. The monoisotopic (exact) mass is 240 g/mol. The highest BCUT2D eigenvalue weighted by Crippen LogP contribution is 2.25. The number of rotatable bonds is 1. The van der Waals surface area contributed by atoms with Gasteiger partial charge in [-0.3, -0.25) is 0 Å². The van der Waals surface area contributed by atoms with Crippen LogP contribution in [0.15, 0.2) is 0 Å². The van der Waals surface area contributed by atoms with Crippen LogP contribution in [-0.4, -0.2) is 29.8 Å². The first-order valence-electron chi connectivity index (χ1n) is 6.69. The van der Waals surface area contributed by atoms with Gasteiger partial charge in [-0.1, -0.05) is 6.42 Å². The fourth-order valence-corrected chi connectivity index (χ4v) is 2.81. The molecule has 4 nitrogen and oxygen atoms in total. The minimum atomic E-state index is -0.415. The fraction of sp³-hybridized carbons (Fsp3) is 0.923. The van der Waals surface area contributed by atoms with Crippen molar-refractivity contribution < 1.29 is 9.53 Å². The molecule has 2 saturated heterocycles. The summed E-state index contributed by atoms with van der Waals surface area (Å²) in [5.41, 5.74) is -0.415. The summed E-state index contributed by atoms with van der Waals surface area (Å²) in [7, 11) is 0. The van der Waals surface area contributed by atoms with Gasteiger partial charge in [0.15, 0.2) is 0 Å². The van der Waals surface area contributed by atoms with Crippen molar-refractivity contribution in [3.05, 3.63) is 0 Å². The van der Waals surface area contributed by atoms with Gasteiger partial charge in [-0.25, -0.2) is 4.79 Å². The molecule has 98 valence electrons. The van der Waals surface area contributed by atoms with Crippen LogP contribution < -0.4 is 10.6 Å². The molecule has 0 radical (unpaired) electrons. The summed E-state index contributed by atoms with van der Waals surface area (Å²) in [5.74, 6) is 0. The lowest BCUT2D eigenvalue weighted by atomic mass is 9.84. The molecule has 2 heterocycles. The first-order valence-corrected chi connectivity index (χ1v) is 6.69. The minimum absolute atomic E-state index is 0.237. The Kier molecular flexibility index (Phi) is 3.61. The number of carbonyl (C=O) groups is 1. The van der Waals surface area contributed by atoms with E-state index in [0.29, 0.717) is 12.1 Å². The maximum Gasteiger partial charge on any atom is 0.407 e. The highest BCUT2D eigenvalue weighted by atomic mass is 16.6. The van der Waals surface area contributed by atoms with E-state index in [9.17, 15) is 4.79 Å². The zero-order valence-corrected chi connectivity index (χ0v) is 11.1. The fourth-order valence-electron chi connectivity index (χ4n) is 2.81. The zero-order chi connectivity index (χ0) is 12.5. The summed E-state index contributed by atoms with van der Waals surface area (Å²) >= 11 is 0. The normalized spacial score (nSPS) is 33.0. The van der Waals surface area contributed by atoms with Gasteiger partial charge in [0.2, 0.25) is 0 Å². The molecule has 2 fully saturated rings. The van der Waals surface area contributed by atoms with Gasteiger partial charge < -0.3 is 15.4 Å². The lowest BCUT2D eigenvalue weighted by Crippen LogP contribution is -2.59. The number of carbonyl (C=O) groups excluding carboxylic acids is 1. The van der Waals surface area contributed by atoms with E-state index in [2.05, 4.69) is 10.6 Å². The van der Waals surface area contributed by atoms with Crippen LogP contribution in [-0.2, 0) is 4.74 Å². The van der Waals surface area contributed by atoms with Crippen molar-refractivity contribution in [1.82, 2.24) is 10.6 Å². The summed E-state index contributed by atoms with van der Waals surface area (Å²) in [6.45, 7) is 5.67. The quantitative estimate of drug-likeness (QED) is 0.738. The SMILES string of the molecule is CC(C)(C)OC(=O)N[C@@H]1CC[C@@H]2CCC[C@H]1N2. The molecule has 2 aliphatic heterocycles. The molecule has 0 unspecified atom stereocenters. The molecule has 3 atom stereocenters. The Hall–Kier alpha value is -0.770. The van der Waals surface area contributed by atoms with E-state index in [4.69, 9.17) is 4.74 Å². The lowest BCUT2D eigenvalue weighted by Gasteiger charge is -2.41. The summed E-state index contributed by atoms with van der Waals surface area (Å²) in [6.07, 6.45) is 5.67. The molecule has 0 aromatic heterocycles. The molecule has 0 spiro atoms. The average molecular weight is 240 g/mol. The molecular formula is C13H24N2O2. The second-order valence-electron chi connectivity index (χ2n) is 6.23. The largest absolute Gasteiger partial charge is 0.444 e. The van der Waals surface area contributed by atoms with Crippen LogP contribution in [0.25, 0.3) is 0 Å². The van der Waals surface area contributed by atoms with Crippen LogP contribution in [0.3, 0.4) is 0 Å². The van der Waals surface area contributed by atoms with Gasteiger partial charge in [-0.15, -0.1) is 0 Å². The van der Waals surface area contributed by atoms with E-state index in [1.807, 2.05) is 20.8 Å². The van der Waals surface area contributed by atoms with E-state index in [0.717, 1.165) is 19.3 Å². The molecule has 0 aliphatic carbocycles. The predicted octanol–water partition coefficient (Wildman–Crippen LogP) is 2.18. The number of piperidine rings is 2. The van der Waals surface area contributed by atoms with Crippen LogP contribution in [0.4, 0.5) is 4.79 Å². The maximum atomic E-state index is 11.7. The first kappa shape index (κ1) is 12.7. The third-order valence-electron chi connectivity index (χ3n) is 3.53. The number of fused-ring (bicyclic) bond motifs is 2. The van der Waals surface area contributed by atoms with E-state index >= 15 is 0 Å². The van der Waals surface area contributed by atoms with Crippen molar-refractivity contribution in [2.24, 2.45) is 0 Å². The topological polar surface area (TPSA) is 50.4 Å². The minimum Gasteiger partial charge on any atom is -0.444 e. The van der Waals surface area contributed by atoms with Gasteiger partial charge in [0, 0.05) is 18.1 Å². The third kappa shape index (κ3) is 3.60. The highest BCUT2D eigenvalue weighted by Gasteiger charge is 2.34. The Morgan fingerprint density at radius 2 is 2.00 bits per heavy atom. The molecule has 1 amide bonds. The first-order chi connectivity index (χ1) is 7.94. The van der Waals surface area contributed by atoms with Crippen LogP contribution in [0.1, 0.15) is 52.9 Å². The van der Waals surface area contributed by atoms with Crippen LogP contribution in [0.5, 0.6) is 0 Å². The molecule has 0 saturated carbocycles. The maximum absolute atomic E-state index is 11.7. The highest BCUT2D eigenvalue weighted by molar-refractivity contribution is 5.68. The van der Waals surface area contributed by atoms with Gasteiger partial charge in [0.25, 0.3) is 0 Å². The summed E-state index contributed by atoms with van der Waals surface area (Å²) in [4.78, 5) is 11.7. The molecule has 2 rings (SSSR count). The summed E-state index contributed by atoms with van der Waals surface area (Å²) in [6, 6.07) is 1.35. The lowest BCUT2D eigenvalue weighted by molar-refractivity contribution is 0.0462. The van der Waals surface area contributed by atoms with E-state index < -0.39 is 5.60 Å². The van der Waals surface area contributed by atoms with Crippen LogP contribution >= 0.6 is 0 Å². The molecule has 2 aliphatic rings. The molecule has 17 heavy (non-hydrogen) atoms. The van der Waals surface area contributed by atoms with Crippen molar-refractivity contribution in [2.75, 3.05) is 0 Å². The Balaban J connectivity index is 1.84. The summed E-state index contributed by atoms with van der Waals surface area (Å²) < 4.78 is 5.30.